The molecule has 0 saturated heterocycles. The van der Waals surface area contributed by atoms with E-state index in [-0.39, 0.29) is 6.10 Å². The van der Waals surface area contributed by atoms with Gasteiger partial charge in [0.25, 0.3) is 0 Å². The molecule has 0 spiro atoms. The van der Waals surface area contributed by atoms with Crippen molar-refractivity contribution in [2.75, 3.05) is 13.1 Å². The summed E-state index contributed by atoms with van der Waals surface area (Å²) in [5, 5.41) is 12.5. The van der Waals surface area contributed by atoms with Gasteiger partial charge in [0.2, 0.25) is 0 Å². The van der Waals surface area contributed by atoms with Crippen LogP contribution in [0, 0.1) is 0 Å². The molecule has 2 atom stereocenters. The Balaban J connectivity index is 2.14. The summed E-state index contributed by atoms with van der Waals surface area (Å²) in [4.78, 5) is 0. The van der Waals surface area contributed by atoms with Crippen molar-refractivity contribution in [1.29, 1.82) is 0 Å². The summed E-state index contributed by atoms with van der Waals surface area (Å²) < 4.78 is 0. The van der Waals surface area contributed by atoms with E-state index >= 15 is 0 Å². The minimum absolute atomic E-state index is 0.173. The van der Waals surface area contributed by atoms with Crippen molar-refractivity contribution in [2.24, 2.45) is 0 Å². The van der Waals surface area contributed by atoms with E-state index in [1.165, 1.54) is 5.56 Å². The Kier molecular flexibility index (Phi) is 6.12. The van der Waals surface area contributed by atoms with Gasteiger partial charge in [-0.25, -0.2) is 0 Å². The highest BCUT2D eigenvalue weighted by molar-refractivity contribution is 5.18. The third-order valence-corrected chi connectivity index (χ3v) is 2.79. The maximum Gasteiger partial charge on any atom is 0.0512 e. The van der Waals surface area contributed by atoms with Crippen LogP contribution < -0.4 is 5.32 Å². The topological polar surface area (TPSA) is 32.3 Å². The first kappa shape index (κ1) is 13.2. The van der Waals surface area contributed by atoms with E-state index in [0.29, 0.717) is 5.92 Å². The number of aliphatic hydroxyl groups excluding tert-OH is 1. The summed E-state index contributed by atoms with van der Waals surface area (Å²) >= 11 is 0. The Labute approximate surface area is 98.7 Å². The molecule has 1 rings (SSSR count). The minimum atomic E-state index is -0.173. The molecule has 0 aliphatic carbocycles. The van der Waals surface area contributed by atoms with E-state index in [2.05, 4.69) is 36.5 Å². The van der Waals surface area contributed by atoms with Crippen molar-refractivity contribution in [3.63, 3.8) is 0 Å². The van der Waals surface area contributed by atoms with Crippen molar-refractivity contribution in [3.8, 4) is 0 Å². The van der Waals surface area contributed by atoms with Crippen molar-refractivity contribution in [2.45, 2.75) is 38.7 Å². The first-order valence-electron chi connectivity index (χ1n) is 6.14. The highest BCUT2D eigenvalue weighted by atomic mass is 16.3. The average Bonchev–Trinajstić information content (AvgIpc) is 2.29. The lowest BCUT2D eigenvalue weighted by Gasteiger charge is -2.13. The number of benzene rings is 1. The summed E-state index contributed by atoms with van der Waals surface area (Å²) in [6, 6.07) is 10.6. The molecule has 0 bridgehead atoms. The van der Waals surface area contributed by atoms with Crippen molar-refractivity contribution in [3.05, 3.63) is 35.9 Å². The third-order valence-electron chi connectivity index (χ3n) is 2.79. The van der Waals surface area contributed by atoms with E-state index in [4.69, 9.17) is 5.11 Å². The smallest absolute Gasteiger partial charge is 0.0512 e. The van der Waals surface area contributed by atoms with Gasteiger partial charge < -0.3 is 10.4 Å². The molecule has 0 amide bonds. The first-order valence-corrected chi connectivity index (χ1v) is 6.14. The Bertz CT molecular complexity index is 271. The molecule has 0 heterocycles. The molecule has 2 N–H and O–H groups in total. The lowest BCUT2D eigenvalue weighted by Crippen LogP contribution is -2.22. The summed E-state index contributed by atoms with van der Waals surface area (Å²) in [5.74, 6) is 0.549. The Hall–Kier alpha value is -0.860. The molecular weight excluding hydrogens is 198 g/mol. The number of aliphatic hydroxyl groups is 1. The molecule has 2 unspecified atom stereocenters. The van der Waals surface area contributed by atoms with Gasteiger partial charge in [0, 0.05) is 6.54 Å². The number of hydrogen-bond donors (Lipinski definition) is 2. The summed E-state index contributed by atoms with van der Waals surface area (Å²) in [5.41, 5.74) is 1.38. The van der Waals surface area contributed by atoms with Crippen molar-refractivity contribution < 1.29 is 5.11 Å². The molecule has 0 fully saturated rings. The molecule has 1 aromatic carbocycles. The van der Waals surface area contributed by atoms with Gasteiger partial charge in [-0.3, -0.25) is 0 Å². The Morgan fingerprint density at radius 1 is 1.19 bits per heavy atom. The van der Waals surface area contributed by atoms with Gasteiger partial charge in [0.1, 0.15) is 0 Å². The molecule has 90 valence electrons. The van der Waals surface area contributed by atoms with Gasteiger partial charge in [-0.15, -0.1) is 0 Å². The van der Waals surface area contributed by atoms with Gasteiger partial charge in [0.15, 0.2) is 0 Å². The highest BCUT2D eigenvalue weighted by Crippen LogP contribution is 2.12. The lowest BCUT2D eigenvalue weighted by molar-refractivity contribution is 0.181. The van der Waals surface area contributed by atoms with Crippen LogP contribution in [0.4, 0.5) is 0 Å². The second-order valence-corrected chi connectivity index (χ2v) is 4.51. The van der Waals surface area contributed by atoms with E-state index in [1.807, 2.05) is 13.0 Å². The summed E-state index contributed by atoms with van der Waals surface area (Å²) in [6.45, 7) is 6.06. The zero-order valence-corrected chi connectivity index (χ0v) is 10.3. The summed E-state index contributed by atoms with van der Waals surface area (Å²) in [6.07, 6.45) is 1.75. The van der Waals surface area contributed by atoms with E-state index < -0.39 is 0 Å². The fraction of sp³-hybridized carbons (Fsp3) is 0.571. The van der Waals surface area contributed by atoms with Gasteiger partial charge in [-0.05, 0) is 37.8 Å². The largest absolute Gasteiger partial charge is 0.393 e. The Morgan fingerprint density at radius 3 is 2.50 bits per heavy atom. The third kappa shape index (κ3) is 5.29. The first-order chi connectivity index (χ1) is 7.70. The van der Waals surface area contributed by atoms with Crippen LogP contribution in [0.15, 0.2) is 30.3 Å². The quantitative estimate of drug-likeness (QED) is 0.693. The molecule has 2 nitrogen and oxygen atoms in total. The van der Waals surface area contributed by atoms with Crippen LogP contribution in [-0.4, -0.2) is 24.3 Å². The summed E-state index contributed by atoms with van der Waals surface area (Å²) in [7, 11) is 0. The fourth-order valence-corrected chi connectivity index (χ4v) is 1.74. The number of hydrogen-bond acceptors (Lipinski definition) is 2. The second kappa shape index (κ2) is 7.42. The van der Waals surface area contributed by atoms with Crippen molar-refractivity contribution in [1.82, 2.24) is 5.32 Å². The maximum absolute atomic E-state index is 9.11. The SMILES string of the molecule is CC(O)CCCNCC(C)c1ccccc1. The monoisotopic (exact) mass is 221 g/mol. The standard InChI is InChI=1S/C14H23NO/c1-12(14-8-4-3-5-9-14)11-15-10-6-7-13(2)16/h3-5,8-9,12-13,15-16H,6-7,10-11H2,1-2H3. The second-order valence-electron chi connectivity index (χ2n) is 4.51. The lowest BCUT2D eigenvalue weighted by atomic mass is 10.0. The van der Waals surface area contributed by atoms with Gasteiger partial charge in [-0.1, -0.05) is 37.3 Å². The molecule has 0 aliphatic rings. The molecular formula is C14H23NO. The maximum atomic E-state index is 9.11. The van der Waals surface area contributed by atoms with E-state index in [1.54, 1.807) is 0 Å². The zero-order chi connectivity index (χ0) is 11.8. The van der Waals surface area contributed by atoms with Crippen molar-refractivity contribution >= 4 is 0 Å². The predicted octanol–water partition coefficient (Wildman–Crippen LogP) is 2.54. The van der Waals surface area contributed by atoms with Crippen LogP contribution in [0.5, 0.6) is 0 Å². The van der Waals surface area contributed by atoms with Gasteiger partial charge in [0.05, 0.1) is 6.10 Å². The molecule has 16 heavy (non-hydrogen) atoms. The van der Waals surface area contributed by atoms with Crippen LogP contribution in [0.1, 0.15) is 38.2 Å². The Morgan fingerprint density at radius 2 is 1.88 bits per heavy atom. The number of rotatable bonds is 7. The molecule has 0 aliphatic heterocycles. The van der Waals surface area contributed by atoms with Crippen LogP contribution in [0.25, 0.3) is 0 Å². The zero-order valence-electron chi connectivity index (χ0n) is 10.3. The normalized spacial score (nSPS) is 14.7. The van der Waals surface area contributed by atoms with Crippen LogP contribution >= 0.6 is 0 Å². The minimum Gasteiger partial charge on any atom is -0.393 e. The molecule has 2 heteroatoms. The predicted molar refractivity (Wildman–Crippen MR) is 68.6 cm³/mol. The van der Waals surface area contributed by atoms with Gasteiger partial charge >= 0.3 is 0 Å². The van der Waals surface area contributed by atoms with E-state index in [9.17, 15) is 0 Å². The van der Waals surface area contributed by atoms with E-state index in [0.717, 1.165) is 25.9 Å². The molecule has 0 radical (unpaired) electrons. The van der Waals surface area contributed by atoms with Crippen LogP contribution in [-0.2, 0) is 0 Å². The highest BCUT2D eigenvalue weighted by Gasteiger charge is 2.03. The van der Waals surface area contributed by atoms with Crippen LogP contribution in [0.3, 0.4) is 0 Å². The molecule has 1 aromatic rings. The fourth-order valence-electron chi connectivity index (χ4n) is 1.74. The molecule has 0 saturated carbocycles. The van der Waals surface area contributed by atoms with Crippen LogP contribution in [0.2, 0.25) is 0 Å². The average molecular weight is 221 g/mol. The number of nitrogens with one attached hydrogen (secondary N) is 1. The van der Waals surface area contributed by atoms with Gasteiger partial charge in [-0.2, -0.15) is 0 Å². The molecule has 0 aromatic heterocycles.